The summed E-state index contributed by atoms with van der Waals surface area (Å²) in [6, 6.07) is 12.0. The molecule has 0 atom stereocenters. The molecular weight excluding hydrogens is 383 g/mol. The van der Waals surface area contributed by atoms with Gasteiger partial charge in [0.15, 0.2) is 6.61 Å². The number of nitrogens with zero attached hydrogens (tertiary/aromatic N) is 3. The summed E-state index contributed by atoms with van der Waals surface area (Å²) < 4.78 is 43.8. The summed E-state index contributed by atoms with van der Waals surface area (Å²) in [5.41, 5.74) is 2.07. The van der Waals surface area contributed by atoms with Crippen molar-refractivity contribution in [2.24, 2.45) is 0 Å². The van der Waals surface area contributed by atoms with Crippen LogP contribution in [0.15, 0.2) is 60.9 Å². The Hall–Kier alpha value is -3.42. The highest BCUT2D eigenvalue weighted by Gasteiger charge is 2.30. The molecular formula is C21H16F3N3O2. The minimum Gasteiger partial charge on any atom is -0.482 e. The van der Waals surface area contributed by atoms with Gasteiger partial charge < -0.3 is 9.64 Å². The summed E-state index contributed by atoms with van der Waals surface area (Å²) in [7, 11) is 0. The summed E-state index contributed by atoms with van der Waals surface area (Å²) in [4.78, 5) is 22.6. The van der Waals surface area contributed by atoms with Crippen LogP contribution in [0.5, 0.6) is 5.75 Å². The van der Waals surface area contributed by atoms with Gasteiger partial charge in [-0.2, -0.15) is 13.2 Å². The van der Waals surface area contributed by atoms with E-state index in [1.165, 1.54) is 17.0 Å². The Kier molecular flexibility index (Phi) is 4.92. The summed E-state index contributed by atoms with van der Waals surface area (Å²) in [6.45, 7) is 0.221. The van der Waals surface area contributed by atoms with Gasteiger partial charge in [-0.15, -0.1) is 0 Å². The van der Waals surface area contributed by atoms with Gasteiger partial charge in [0.25, 0.3) is 5.91 Å². The fourth-order valence-electron chi connectivity index (χ4n) is 3.08. The molecule has 148 valence electrons. The largest absolute Gasteiger partial charge is 0.482 e. The molecule has 3 aromatic rings. The van der Waals surface area contributed by atoms with Crippen LogP contribution >= 0.6 is 0 Å². The Labute approximate surface area is 164 Å². The first-order chi connectivity index (χ1) is 13.9. The first kappa shape index (κ1) is 18.9. The molecule has 5 nitrogen and oxygen atoms in total. The number of hydrogen-bond acceptors (Lipinski definition) is 4. The van der Waals surface area contributed by atoms with Crippen LogP contribution in [-0.4, -0.2) is 27.4 Å². The summed E-state index contributed by atoms with van der Waals surface area (Å²) >= 11 is 0. The molecule has 0 aliphatic carbocycles. The molecule has 1 amide bonds. The zero-order valence-corrected chi connectivity index (χ0v) is 15.2. The number of ether oxygens (including phenoxy) is 1. The maximum atomic E-state index is 12.7. The van der Waals surface area contributed by atoms with E-state index in [1.54, 1.807) is 18.5 Å². The Morgan fingerprint density at radius 3 is 2.41 bits per heavy atom. The molecule has 0 fully saturated rings. The molecule has 29 heavy (non-hydrogen) atoms. The van der Waals surface area contributed by atoms with Crippen LogP contribution in [0.25, 0.3) is 11.3 Å². The van der Waals surface area contributed by atoms with E-state index in [9.17, 15) is 18.0 Å². The number of benzene rings is 1. The fourth-order valence-corrected chi connectivity index (χ4v) is 3.08. The van der Waals surface area contributed by atoms with Crippen molar-refractivity contribution >= 4 is 5.91 Å². The minimum absolute atomic E-state index is 0.149. The van der Waals surface area contributed by atoms with E-state index in [0.717, 1.165) is 23.4 Å². The monoisotopic (exact) mass is 399 g/mol. The lowest BCUT2D eigenvalue weighted by Crippen LogP contribution is -2.32. The van der Waals surface area contributed by atoms with Crippen molar-refractivity contribution in [1.82, 2.24) is 14.9 Å². The second kappa shape index (κ2) is 7.54. The standard InChI is InChI=1S/C21H16F3N3O2/c22-21(23,24)16-3-1-14(2-4-16)11-27-12-18-19(29-13-20(27)28)6-5-17(26-18)15-7-9-25-10-8-15/h1-10H,11-13H2. The maximum absolute atomic E-state index is 12.7. The van der Waals surface area contributed by atoms with Gasteiger partial charge in [-0.25, -0.2) is 4.98 Å². The van der Waals surface area contributed by atoms with Crippen LogP contribution < -0.4 is 4.74 Å². The normalized spacial score (nSPS) is 14.2. The maximum Gasteiger partial charge on any atom is 0.416 e. The molecule has 2 aromatic heterocycles. The van der Waals surface area contributed by atoms with E-state index < -0.39 is 11.7 Å². The van der Waals surface area contributed by atoms with Crippen LogP contribution in [0, 0.1) is 0 Å². The second-order valence-corrected chi connectivity index (χ2v) is 6.61. The molecule has 4 rings (SSSR count). The van der Waals surface area contributed by atoms with Crippen molar-refractivity contribution in [3.8, 4) is 17.0 Å². The van der Waals surface area contributed by atoms with Crippen molar-refractivity contribution in [1.29, 1.82) is 0 Å². The van der Waals surface area contributed by atoms with E-state index in [2.05, 4.69) is 9.97 Å². The van der Waals surface area contributed by atoms with Gasteiger partial charge >= 0.3 is 6.18 Å². The summed E-state index contributed by atoms with van der Waals surface area (Å²) in [6.07, 6.45) is -1.06. The molecule has 0 saturated carbocycles. The Balaban J connectivity index is 1.57. The van der Waals surface area contributed by atoms with Crippen LogP contribution in [0.2, 0.25) is 0 Å². The van der Waals surface area contributed by atoms with Gasteiger partial charge in [0.2, 0.25) is 0 Å². The van der Waals surface area contributed by atoms with Crippen molar-refractivity contribution in [3.05, 3.63) is 77.7 Å². The molecule has 0 bridgehead atoms. The van der Waals surface area contributed by atoms with Crippen molar-refractivity contribution in [2.75, 3.05) is 6.61 Å². The second-order valence-electron chi connectivity index (χ2n) is 6.61. The van der Waals surface area contributed by atoms with Crippen molar-refractivity contribution < 1.29 is 22.7 Å². The quantitative estimate of drug-likeness (QED) is 0.666. The average Bonchev–Trinajstić information content (AvgIpc) is 2.87. The Morgan fingerprint density at radius 1 is 1.00 bits per heavy atom. The molecule has 1 aliphatic heterocycles. The Morgan fingerprint density at radius 2 is 1.72 bits per heavy atom. The smallest absolute Gasteiger partial charge is 0.416 e. The molecule has 0 unspecified atom stereocenters. The number of fused-ring (bicyclic) bond motifs is 1. The van der Waals surface area contributed by atoms with Gasteiger partial charge in [0.1, 0.15) is 11.4 Å². The highest BCUT2D eigenvalue weighted by molar-refractivity contribution is 5.78. The molecule has 8 heteroatoms. The molecule has 0 radical (unpaired) electrons. The molecule has 0 saturated heterocycles. The lowest BCUT2D eigenvalue weighted by atomic mass is 10.1. The molecule has 3 heterocycles. The molecule has 0 spiro atoms. The SMILES string of the molecule is O=C1COc2ccc(-c3ccncc3)nc2CN1Cc1ccc(C(F)(F)F)cc1. The average molecular weight is 399 g/mol. The minimum atomic E-state index is -4.39. The lowest BCUT2D eigenvalue weighted by Gasteiger charge is -2.20. The molecule has 0 N–H and O–H groups in total. The number of pyridine rings is 2. The number of carbonyl (C=O) groups excluding carboxylic acids is 1. The predicted octanol–water partition coefficient (Wildman–Crippen LogP) is 4.08. The van der Waals surface area contributed by atoms with E-state index in [1.807, 2.05) is 18.2 Å². The third-order valence-electron chi connectivity index (χ3n) is 4.61. The van der Waals surface area contributed by atoms with Gasteiger partial charge in [0, 0.05) is 24.5 Å². The van der Waals surface area contributed by atoms with Crippen LogP contribution in [-0.2, 0) is 24.1 Å². The summed E-state index contributed by atoms with van der Waals surface area (Å²) in [5.74, 6) is 0.263. The first-order valence-corrected chi connectivity index (χ1v) is 8.87. The van der Waals surface area contributed by atoms with Crippen molar-refractivity contribution in [3.63, 3.8) is 0 Å². The highest BCUT2D eigenvalue weighted by Crippen LogP contribution is 2.30. The number of rotatable bonds is 3. The lowest BCUT2D eigenvalue weighted by molar-refractivity contribution is -0.137. The van der Waals surface area contributed by atoms with Crippen LogP contribution in [0.3, 0.4) is 0 Å². The van der Waals surface area contributed by atoms with E-state index in [-0.39, 0.29) is 25.6 Å². The van der Waals surface area contributed by atoms with Gasteiger partial charge in [0.05, 0.1) is 17.8 Å². The fraction of sp³-hybridized carbons (Fsp3) is 0.190. The van der Waals surface area contributed by atoms with E-state index >= 15 is 0 Å². The topological polar surface area (TPSA) is 55.3 Å². The third-order valence-corrected chi connectivity index (χ3v) is 4.61. The van der Waals surface area contributed by atoms with Crippen LogP contribution in [0.1, 0.15) is 16.8 Å². The van der Waals surface area contributed by atoms with Gasteiger partial charge in [-0.1, -0.05) is 12.1 Å². The number of amides is 1. The predicted molar refractivity (Wildman–Crippen MR) is 98.7 cm³/mol. The van der Waals surface area contributed by atoms with E-state index in [0.29, 0.717) is 17.0 Å². The number of carbonyl (C=O) groups is 1. The van der Waals surface area contributed by atoms with Crippen LogP contribution in [0.4, 0.5) is 13.2 Å². The van der Waals surface area contributed by atoms with Gasteiger partial charge in [-0.3, -0.25) is 9.78 Å². The van der Waals surface area contributed by atoms with E-state index in [4.69, 9.17) is 4.74 Å². The highest BCUT2D eigenvalue weighted by atomic mass is 19.4. The number of alkyl halides is 3. The molecule has 1 aromatic carbocycles. The molecule has 1 aliphatic rings. The zero-order chi connectivity index (χ0) is 20.4. The number of hydrogen-bond donors (Lipinski definition) is 0. The Bertz CT molecular complexity index is 1020. The third kappa shape index (κ3) is 4.21. The summed E-state index contributed by atoms with van der Waals surface area (Å²) in [5, 5.41) is 0. The number of aromatic nitrogens is 2. The zero-order valence-electron chi connectivity index (χ0n) is 15.2. The van der Waals surface area contributed by atoms with Gasteiger partial charge in [-0.05, 0) is 42.0 Å². The van der Waals surface area contributed by atoms with Crippen molar-refractivity contribution in [2.45, 2.75) is 19.3 Å². The first-order valence-electron chi connectivity index (χ1n) is 8.87. The number of halogens is 3.